The molecule has 5 heteroatoms. The zero-order valence-corrected chi connectivity index (χ0v) is 15.8. The molecular weight excluding hydrogens is 326 g/mol. The number of ether oxygens (including phenoxy) is 1. The largest absolute Gasteiger partial charge is 0.493 e. The monoisotopic (exact) mass is 353 g/mol. The fourth-order valence-electron chi connectivity index (χ4n) is 3.18. The van der Waals surface area contributed by atoms with Gasteiger partial charge in [-0.25, -0.2) is 0 Å². The van der Waals surface area contributed by atoms with Crippen LogP contribution in [0.15, 0.2) is 24.3 Å². The van der Waals surface area contributed by atoms with Gasteiger partial charge in [0, 0.05) is 11.3 Å². The number of nitrogens with zero attached hydrogens (tertiary/aromatic N) is 1. The van der Waals surface area contributed by atoms with Crippen molar-refractivity contribution >= 4 is 5.91 Å². The van der Waals surface area contributed by atoms with Crippen LogP contribution in [-0.2, 0) is 5.54 Å². The average Bonchev–Trinajstić information content (AvgIpc) is 3.51. The summed E-state index contributed by atoms with van der Waals surface area (Å²) in [6, 6.07) is 7.86. The highest BCUT2D eigenvalue weighted by Crippen LogP contribution is 2.45. The molecule has 2 saturated carbocycles. The second-order valence-electron chi connectivity index (χ2n) is 8.30. The summed E-state index contributed by atoms with van der Waals surface area (Å²) in [7, 11) is 0. The molecule has 2 fully saturated rings. The van der Waals surface area contributed by atoms with E-state index in [4.69, 9.17) is 4.74 Å². The maximum Gasteiger partial charge on any atom is 0.252 e. The van der Waals surface area contributed by atoms with E-state index in [9.17, 15) is 4.79 Å². The Morgan fingerprint density at radius 3 is 2.65 bits per heavy atom. The van der Waals surface area contributed by atoms with Gasteiger partial charge in [0.05, 0.1) is 17.8 Å². The predicted octanol–water partition coefficient (Wildman–Crippen LogP) is 4.05. The van der Waals surface area contributed by atoms with Crippen LogP contribution in [0.25, 0.3) is 0 Å². The van der Waals surface area contributed by atoms with E-state index in [0.717, 1.165) is 23.7 Å². The SMILES string of the molecule is Cc1cc(C(C)(C)NC(=O)c2ccc(C3CC3)c(OCC3CC3)c2)n[nH]1. The number of benzene rings is 1. The first-order valence-electron chi connectivity index (χ1n) is 9.54. The van der Waals surface area contributed by atoms with Crippen molar-refractivity contribution in [1.82, 2.24) is 15.5 Å². The van der Waals surface area contributed by atoms with E-state index >= 15 is 0 Å². The van der Waals surface area contributed by atoms with Crippen molar-refractivity contribution in [1.29, 1.82) is 0 Å². The predicted molar refractivity (Wildman–Crippen MR) is 100 cm³/mol. The third kappa shape index (κ3) is 3.76. The zero-order chi connectivity index (χ0) is 18.3. The van der Waals surface area contributed by atoms with E-state index in [-0.39, 0.29) is 5.91 Å². The van der Waals surface area contributed by atoms with Gasteiger partial charge in [-0.2, -0.15) is 5.10 Å². The van der Waals surface area contributed by atoms with Crippen LogP contribution in [0, 0.1) is 12.8 Å². The lowest BCUT2D eigenvalue weighted by Gasteiger charge is -2.24. The van der Waals surface area contributed by atoms with Crippen LogP contribution < -0.4 is 10.1 Å². The number of carbonyl (C=O) groups excluding carboxylic acids is 1. The fraction of sp³-hybridized carbons (Fsp3) is 0.524. The minimum atomic E-state index is -0.550. The van der Waals surface area contributed by atoms with Gasteiger partial charge in [-0.05, 0) is 82.1 Å². The summed E-state index contributed by atoms with van der Waals surface area (Å²) >= 11 is 0. The summed E-state index contributed by atoms with van der Waals surface area (Å²) in [5.74, 6) is 2.08. The molecule has 26 heavy (non-hydrogen) atoms. The molecule has 1 amide bonds. The number of nitrogens with one attached hydrogen (secondary N) is 2. The van der Waals surface area contributed by atoms with Crippen molar-refractivity contribution in [2.45, 2.75) is 57.9 Å². The number of aromatic nitrogens is 2. The van der Waals surface area contributed by atoms with Crippen molar-refractivity contribution in [2.24, 2.45) is 5.92 Å². The summed E-state index contributed by atoms with van der Waals surface area (Å²) in [5, 5.41) is 10.3. The molecule has 2 aliphatic carbocycles. The van der Waals surface area contributed by atoms with Crippen LogP contribution in [0.5, 0.6) is 5.75 Å². The highest BCUT2D eigenvalue weighted by Gasteiger charge is 2.30. The molecule has 1 aromatic carbocycles. The number of H-pyrrole nitrogens is 1. The maximum atomic E-state index is 12.8. The van der Waals surface area contributed by atoms with Gasteiger partial charge in [0.2, 0.25) is 0 Å². The third-order valence-corrected chi connectivity index (χ3v) is 5.24. The average molecular weight is 353 g/mol. The van der Waals surface area contributed by atoms with Gasteiger partial charge in [0.1, 0.15) is 5.75 Å². The van der Waals surface area contributed by atoms with E-state index in [1.807, 2.05) is 39.0 Å². The first kappa shape index (κ1) is 17.1. The molecule has 0 bridgehead atoms. The molecule has 0 aliphatic heterocycles. The molecule has 1 aromatic heterocycles. The molecule has 1 heterocycles. The molecular formula is C21H27N3O2. The standard InChI is InChI=1S/C21H27N3O2/c1-13-10-19(24-23-13)21(2,3)22-20(25)16-8-9-17(15-6-7-15)18(11-16)26-12-14-4-5-14/h8-11,14-15H,4-7,12H2,1-3H3,(H,22,25)(H,23,24). The molecule has 0 saturated heterocycles. The second-order valence-corrected chi connectivity index (χ2v) is 8.30. The van der Waals surface area contributed by atoms with Gasteiger partial charge < -0.3 is 10.1 Å². The minimum Gasteiger partial charge on any atom is -0.493 e. The van der Waals surface area contributed by atoms with E-state index in [1.54, 1.807) is 0 Å². The fourth-order valence-corrected chi connectivity index (χ4v) is 3.18. The molecule has 138 valence electrons. The number of rotatable bonds is 7. The summed E-state index contributed by atoms with van der Waals surface area (Å²) in [6.07, 6.45) is 4.96. The zero-order valence-electron chi connectivity index (χ0n) is 15.8. The Labute approximate surface area is 154 Å². The Bertz CT molecular complexity index is 816. The van der Waals surface area contributed by atoms with Crippen LogP contribution in [0.3, 0.4) is 0 Å². The first-order valence-corrected chi connectivity index (χ1v) is 9.54. The number of hydrogen-bond acceptors (Lipinski definition) is 3. The smallest absolute Gasteiger partial charge is 0.252 e. The van der Waals surface area contributed by atoms with Gasteiger partial charge in [0.25, 0.3) is 5.91 Å². The van der Waals surface area contributed by atoms with Gasteiger partial charge in [-0.1, -0.05) is 6.07 Å². The molecule has 2 aromatic rings. The third-order valence-electron chi connectivity index (χ3n) is 5.24. The number of carbonyl (C=O) groups is 1. The first-order chi connectivity index (χ1) is 12.4. The maximum absolute atomic E-state index is 12.8. The van der Waals surface area contributed by atoms with Crippen LogP contribution in [0.2, 0.25) is 0 Å². The lowest BCUT2D eigenvalue weighted by Crippen LogP contribution is -2.41. The second kappa shape index (κ2) is 6.45. The lowest BCUT2D eigenvalue weighted by molar-refractivity contribution is 0.0910. The highest BCUT2D eigenvalue weighted by molar-refractivity contribution is 5.95. The Balaban J connectivity index is 1.52. The molecule has 0 spiro atoms. The Kier molecular flexibility index (Phi) is 4.25. The molecule has 0 atom stereocenters. The number of amides is 1. The number of aromatic amines is 1. The summed E-state index contributed by atoms with van der Waals surface area (Å²) in [4.78, 5) is 12.8. The van der Waals surface area contributed by atoms with E-state index < -0.39 is 5.54 Å². The summed E-state index contributed by atoms with van der Waals surface area (Å²) in [6.45, 7) is 6.64. The van der Waals surface area contributed by atoms with Gasteiger partial charge in [-0.3, -0.25) is 9.89 Å². The van der Waals surface area contributed by atoms with Crippen LogP contribution >= 0.6 is 0 Å². The van der Waals surface area contributed by atoms with Crippen LogP contribution in [-0.4, -0.2) is 22.7 Å². The molecule has 2 aliphatic rings. The van der Waals surface area contributed by atoms with Crippen molar-refractivity contribution in [3.63, 3.8) is 0 Å². The van der Waals surface area contributed by atoms with Crippen molar-refractivity contribution in [2.75, 3.05) is 6.61 Å². The lowest BCUT2D eigenvalue weighted by atomic mass is 9.99. The summed E-state index contributed by atoms with van der Waals surface area (Å²) in [5.41, 5.74) is 3.14. The van der Waals surface area contributed by atoms with Gasteiger partial charge in [-0.15, -0.1) is 0 Å². The Hall–Kier alpha value is -2.30. The van der Waals surface area contributed by atoms with E-state index in [1.165, 1.54) is 31.2 Å². The Morgan fingerprint density at radius 2 is 2.04 bits per heavy atom. The number of aryl methyl sites for hydroxylation is 1. The molecule has 0 radical (unpaired) electrons. The van der Waals surface area contributed by atoms with Crippen molar-refractivity contribution in [3.8, 4) is 5.75 Å². The van der Waals surface area contributed by atoms with E-state index in [0.29, 0.717) is 17.4 Å². The van der Waals surface area contributed by atoms with Crippen LogP contribution in [0.1, 0.15) is 72.8 Å². The van der Waals surface area contributed by atoms with E-state index in [2.05, 4.69) is 21.6 Å². The number of hydrogen-bond donors (Lipinski definition) is 2. The van der Waals surface area contributed by atoms with Crippen molar-refractivity contribution < 1.29 is 9.53 Å². The summed E-state index contributed by atoms with van der Waals surface area (Å²) < 4.78 is 6.07. The molecule has 5 nitrogen and oxygen atoms in total. The van der Waals surface area contributed by atoms with Crippen LogP contribution in [0.4, 0.5) is 0 Å². The minimum absolute atomic E-state index is 0.103. The topological polar surface area (TPSA) is 67.0 Å². The molecule has 4 rings (SSSR count). The highest BCUT2D eigenvalue weighted by atomic mass is 16.5. The normalized spacial score (nSPS) is 17.2. The Morgan fingerprint density at radius 1 is 1.27 bits per heavy atom. The van der Waals surface area contributed by atoms with Gasteiger partial charge in [0.15, 0.2) is 0 Å². The van der Waals surface area contributed by atoms with Crippen molar-refractivity contribution in [3.05, 3.63) is 46.8 Å². The molecule has 0 unspecified atom stereocenters. The van der Waals surface area contributed by atoms with Gasteiger partial charge >= 0.3 is 0 Å². The molecule has 2 N–H and O–H groups in total. The quantitative estimate of drug-likeness (QED) is 0.789.